The van der Waals surface area contributed by atoms with E-state index in [0.29, 0.717) is 6.42 Å². The summed E-state index contributed by atoms with van der Waals surface area (Å²) in [4.78, 5) is 22.2. The highest BCUT2D eigenvalue weighted by Gasteiger charge is 2.13. The van der Waals surface area contributed by atoms with Crippen LogP contribution in [0.1, 0.15) is 30.1 Å². The zero-order chi connectivity index (χ0) is 13.7. The molecule has 0 radical (unpaired) electrons. The number of carboxylic acids is 1. The first-order chi connectivity index (χ1) is 8.43. The van der Waals surface area contributed by atoms with E-state index in [1.165, 1.54) is 6.07 Å². The third-order valence-corrected chi connectivity index (χ3v) is 2.45. The fourth-order valence-electron chi connectivity index (χ4n) is 1.36. The molecular weight excluding hydrogens is 239 g/mol. The average Bonchev–Trinajstić information content (AvgIpc) is 2.31. The number of carbonyl (C=O) groups excluding carboxylic acids is 1. The average molecular weight is 254 g/mol. The first-order valence-corrected chi connectivity index (χ1v) is 5.52. The summed E-state index contributed by atoms with van der Waals surface area (Å²) in [7, 11) is 0. The van der Waals surface area contributed by atoms with Gasteiger partial charge in [-0.05, 0) is 24.6 Å². The summed E-state index contributed by atoms with van der Waals surface area (Å²) >= 11 is 0. The summed E-state index contributed by atoms with van der Waals surface area (Å²) in [6.07, 6.45) is 0.799. The van der Waals surface area contributed by atoms with E-state index in [4.69, 9.17) is 10.8 Å². The van der Waals surface area contributed by atoms with E-state index in [9.17, 15) is 14.0 Å². The maximum Gasteiger partial charge on any atom is 0.338 e. The topological polar surface area (TPSA) is 92.4 Å². The van der Waals surface area contributed by atoms with Crippen molar-refractivity contribution in [3.05, 3.63) is 29.6 Å². The first kappa shape index (κ1) is 14.1. The Kier molecular flexibility index (Phi) is 4.79. The van der Waals surface area contributed by atoms with Gasteiger partial charge in [0.1, 0.15) is 5.82 Å². The number of hydrogen-bond acceptors (Lipinski definition) is 3. The van der Waals surface area contributed by atoms with Gasteiger partial charge in [0.2, 0.25) is 5.91 Å². The van der Waals surface area contributed by atoms with Gasteiger partial charge in [-0.1, -0.05) is 6.92 Å². The lowest BCUT2D eigenvalue weighted by Crippen LogP contribution is -2.26. The number of aromatic carboxylic acids is 1. The predicted molar refractivity (Wildman–Crippen MR) is 64.9 cm³/mol. The Labute approximate surface area is 104 Å². The molecule has 98 valence electrons. The van der Waals surface area contributed by atoms with Crippen LogP contribution < -0.4 is 11.1 Å². The number of nitrogens with one attached hydrogen (secondary N) is 1. The molecule has 0 fully saturated rings. The molecule has 1 atom stereocenters. The van der Waals surface area contributed by atoms with Crippen molar-refractivity contribution in [3.63, 3.8) is 0 Å². The Balaban J connectivity index is 2.76. The van der Waals surface area contributed by atoms with Gasteiger partial charge in [0.15, 0.2) is 0 Å². The molecule has 0 aliphatic heterocycles. The van der Waals surface area contributed by atoms with Gasteiger partial charge in [0.25, 0.3) is 0 Å². The van der Waals surface area contributed by atoms with Gasteiger partial charge in [0.05, 0.1) is 5.56 Å². The normalized spacial score (nSPS) is 11.9. The van der Waals surface area contributed by atoms with E-state index in [0.717, 1.165) is 12.1 Å². The number of halogens is 1. The predicted octanol–water partition coefficient (Wildman–Crippen LogP) is 1.59. The van der Waals surface area contributed by atoms with Crippen LogP contribution in [0, 0.1) is 5.82 Å². The lowest BCUT2D eigenvalue weighted by Gasteiger charge is -2.10. The Morgan fingerprint density at radius 1 is 1.50 bits per heavy atom. The Morgan fingerprint density at radius 2 is 2.17 bits per heavy atom. The SMILES string of the molecule is CCC(N)CC(=O)Nc1ccc(F)c(C(=O)O)c1. The van der Waals surface area contributed by atoms with Crippen molar-refractivity contribution in [1.82, 2.24) is 0 Å². The molecule has 0 bridgehead atoms. The maximum atomic E-state index is 13.1. The molecular formula is C12H15FN2O3. The molecule has 1 aromatic rings. The van der Waals surface area contributed by atoms with Crippen LogP contribution in [0.2, 0.25) is 0 Å². The van der Waals surface area contributed by atoms with Gasteiger partial charge < -0.3 is 16.2 Å². The lowest BCUT2D eigenvalue weighted by molar-refractivity contribution is -0.116. The maximum absolute atomic E-state index is 13.1. The second kappa shape index (κ2) is 6.11. The summed E-state index contributed by atoms with van der Waals surface area (Å²) in [5.41, 5.74) is 5.37. The molecule has 1 unspecified atom stereocenters. The summed E-state index contributed by atoms with van der Waals surface area (Å²) < 4.78 is 13.1. The van der Waals surface area contributed by atoms with Gasteiger partial charge in [0, 0.05) is 18.2 Å². The number of carboxylic acid groups (broad SMARTS) is 1. The smallest absolute Gasteiger partial charge is 0.338 e. The van der Waals surface area contributed by atoms with E-state index < -0.39 is 17.3 Å². The van der Waals surface area contributed by atoms with Crippen molar-refractivity contribution in [2.75, 3.05) is 5.32 Å². The van der Waals surface area contributed by atoms with Crippen LogP contribution in [-0.2, 0) is 4.79 Å². The van der Waals surface area contributed by atoms with Crippen LogP contribution in [0.15, 0.2) is 18.2 Å². The van der Waals surface area contributed by atoms with Crippen LogP contribution in [0.3, 0.4) is 0 Å². The summed E-state index contributed by atoms with van der Waals surface area (Å²) in [5.74, 6) is -2.55. The monoisotopic (exact) mass is 254 g/mol. The van der Waals surface area contributed by atoms with Crippen LogP contribution in [0.4, 0.5) is 10.1 Å². The van der Waals surface area contributed by atoms with Crippen molar-refractivity contribution in [3.8, 4) is 0 Å². The van der Waals surface area contributed by atoms with E-state index >= 15 is 0 Å². The molecule has 5 nitrogen and oxygen atoms in total. The second-order valence-corrected chi connectivity index (χ2v) is 3.92. The number of anilines is 1. The number of nitrogens with two attached hydrogens (primary N) is 1. The van der Waals surface area contributed by atoms with Crippen LogP contribution >= 0.6 is 0 Å². The van der Waals surface area contributed by atoms with Crippen LogP contribution in [0.25, 0.3) is 0 Å². The van der Waals surface area contributed by atoms with Crippen molar-refractivity contribution in [2.45, 2.75) is 25.8 Å². The minimum absolute atomic E-state index is 0.135. The minimum Gasteiger partial charge on any atom is -0.478 e. The van der Waals surface area contributed by atoms with Gasteiger partial charge in [-0.15, -0.1) is 0 Å². The molecule has 0 aliphatic carbocycles. The summed E-state index contributed by atoms with van der Waals surface area (Å²) in [6, 6.07) is 3.13. The molecule has 18 heavy (non-hydrogen) atoms. The van der Waals surface area contributed by atoms with Crippen molar-refractivity contribution in [1.29, 1.82) is 0 Å². The van der Waals surface area contributed by atoms with Crippen molar-refractivity contribution >= 4 is 17.6 Å². The first-order valence-electron chi connectivity index (χ1n) is 5.52. The van der Waals surface area contributed by atoms with E-state index in [2.05, 4.69) is 5.32 Å². The van der Waals surface area contributed by atoms with Gasteiger partial charge in [-0.2, -0.15) is 0 Å². The largest absolute Gasteiger partial charge is 0.478 e. The molecule has 1 aromatic carbocycles. The Morgan fingerprint density at radius 3 is 2.72 bits per heavy atom. The molecule has 1 amide bonds. The van der Waals surface area contributed by atoms with Crippen molar-refractivity contribution < 1.29 is 19.1 Å². The van der Waals surface area contributed by atoms with E-state index in [-0.39, 0.29) is 24.1 Å². The highest BCUT2D eigenvalue weighted by Crippen LogP contribution is 2.15. The standard InChI is InChI=1S/C12H15FN2O3/c1-2-7(14)5-11(16)15-8-3-4-10(13)9(6-8)12(17)18/h3-4,6-7H,2,5,14H2,1H3,(H,15,16)(H,17,18). The zero-order valence-corrected chi connectivity index (χ0v) is 9.94. The molecule has 0 aromatic heterocycles. The van der Waals surface area contributed by atoms with Gasteiger partial charge >= 0.3 is 5.97 Å². The fourth-order valence-corrected chi connectivity index (χ4v) is 1.36. The van der Waals surface area contributed by atoms with Crippen LogP contribution in [0.5, 0.6) is 0 Å². The van der Waals surface area contributed by atoms with Gasteiger partial charge in [-0.25, -0.2) is 9.18 Å². The number of amides is 1. The lowest BCUT2D eigenvalue weighted by atomic mass is 10.1. The van der Waals surface area contributed by atoms with E-state index in [1.807, 2.05) is 6.92 Å². The minimum atomic E-state index is -1.38. The fraction of sp³-hybridized carbons (Fsp3) is 0.333. The number of hydrogen-bond donors (Lipinski definition) is 3. The quantitative estimate of drug-likeness (QED) is 0.744. The molecule has 4 N–H and O–H groups in total. The number of rotatable bonds is 5. The van der Waals surface area contributed by atoms with Gasteiger partial charge in [-0.3, -0.25) is 4.79 Å². The Hall–Kier alpha value is -1.95. The third-order valence-electron chi connectivity index (χ3n) is 2.45. The molecule has 0 spiro atoms. The number of benzene rings is 1. The van der Waals surface area contributed by atoms with Crippen molar-refractivity contribution in [2.24, 2.45) is 5.73 Å². The molecule has 6 heteroatoms. The molecule has 0 aliphatic rings. The highest BCUT2D eigenvalue weighted by atomic mass is 19.1. The Bertz CT molecular complexity index is 463. The third kappa shape index (κ3) is 3.81. The second-order valence-electron chi connectivity index (χ2n) is 3.92. The highest BCUT2D eigenvalue weighted by molar-refractivity contribution is 5.94. The van der Waals surface area contributed by atoms with E-state index in [1.54, 1.807) is 0 Å². The number of carbonyl (C=O) groups is 2. The molecule has 1 rings (SSSR count). The molecule has 0 saturated heterocycles. The van der Waals surface area contributed by atoms with Crippen LogP contribution in [-0.4, -0.2) is 23.0 Å². The summed E-state index contributed by atoms with van der Waals surface area (Å²) in [6.45, 7) is 1.86. The summed E-state index contributed by atoms with van der Waals surface area (Å²) in [5, 5.41) is 11.2. The molecule has 0 heterocycles. The zero-order valence-electron chi connectivity index (χ0n) is 9.94. The molecule has 0 saturated carbocycles.